The molecule has 1 aromatic rings. The van der Waals surface area contributed by atoms with Crippen LogP contribution in [0, 0.1) is 5.92 Å². The molecule has 106 valence electrons. The second-order valence-corrected chi connectivity index (χ2v) is 6.42. The molecule has 4 nitrogen and oxygen atoms in total. The molecule has 1 heterocycles. The lowest BCUT2D eigenvalue weighted by Gasteiger charge is -2.37. The zero-order chi connectivity index (χ0) is 14.3. The molecule has 0 atom stereocenters. The van der Waals surface area contributed by atoms with Gasteiger partial charge in [0, 0.05) is 24.5 Å². The summed E-state index contributed by atoms with van der Waals surface area (Å²) in [6.07, 6.45) is 3.40. The summed E-state index contributed by atoms with van der Waals surface area (Å²) in [6, 6.07) is 4.19. The zero-order valence-electron chi connectivity index (χ0n) is 11.4. The maximum atomic E-state index is 12.1. The van der Waals surface area contributed by atoms with E-state index >= 15 is 0 Å². The van der Waals surface area contributed by atoms with Crippen molar-refractivity contribution in [1.29, 1.82) is 0 Å². The van der Waals surface area contributed by atoms with Crippen molar-refractivity contribution < 1.29 is 9.59 Å². The molecule has 0 bridgehead atoms. The summed E-state index contributed by atoms with van der Waals surface area (Å²) in [4.78, 5) is 24.9. The van der Waals surface area contributed by atoms with Crippen molar-refractivity contribution in [2.45, 2.75) is 26.2 Å². The first kappa shape index (κ1) is 13.6. The van der Waals surface area contributed by atoms with Crippen LogP contribution in [0.5, 0.6) is 0 Å². The number of carbonyl (C=O) groups excluding carboxylic acids is 2. The molecule has 1 N–H and O–H groups in total. The van der Waals surface area contributed by atoms with Gasteiger partial charge in [-0.15, -0.1) is 0 Å². The number of likely N-dealkylation sites (tertiary alicyclic amines) is 1. The third-order valence-corrected chi connectivity index (χ3v) is 4.79. The molecule has 0 saturated carbocycles. The van der Waals surface area contributed by atoms with Gasteiger partial charge < -0.3 is 10.2 Å². The quantitative estimate of drug-likeness (QED) is 0.901. The number of benzene rings is 1. The van der Waals surface area contributed by atoms with Gasteiger partial charge in [-0.05, 0) is 58.5 Å². The van der Waals surface area contributed by atoms with Crippen LogP contribution in [0.15, 0.2) is 16.6 Å². The standard InChI is InChI=1S/C15H17BrN2O2/c1-9(19)18-7-12(8-18)15(20)17-14-6-11-4-2-3-10(11)5-13(14)16/h5-6,12H,2-4,7-8H2,1H3,(H,17,20). The normalized spacial score (nSPS) is 17.6. The maximum Gasteiger partial charge on any atom is 0.231 e. The van der Waals surface area contributed by atoms with Crippen molar-refractivity contribution in [2.24, 2.45) is 5.92 Å². The topological polar surface area (TPSA) is 49.4 Å². The Balaban J connectivity index is 1.67. The van der Waals surface area contributed by atoms with E-state index in [9.17, 15) is 9.59 Å². The Hall–Kier alpha value is -1.36. The van der Waals surface area contributed by atoms with Crippen molar-refractivity contribution >= 4 is 33.4 Å². The molecule has 3 rings (SSSR count). The molecule has 2 aliphatic rings. The third kappa shape index (κ3) is 2.46. The Labute approximate surface area is 126 Å². The van der Waals surface area contributed by atoms with E-state index < -0.39 is 0 Å². The highest BCUT2D eigenvalue weighted by atomic mass is 79.9. The van der Waals surface area contributed by atoms with Gasteiger partial charge in [0.15, 0.2) is 0 Å². The lowest BCUT2D eigenvalue weighted by atomic mass is 9.99. The Morgan fingerprint density at radius 3 is 2.55 bits per heavy atom. The Bertz CT molecular complexity index is 579. The fourth-order valence-corrected chi connectivity index (χ4v) is 3.32. The van der Waals surface area contributed by atoms with Gasteiger partial charge in [0.25, 0.3) is 0 Å². The number of nitrogens with one attached hydrogen (secondary N) is 1. The van der Waals surface area contributed by atoms with Gasteiger partial charge in [-0.1, -0.05) is 0 Å². The first-order valence-corrected chi connectivity index (χ1v) is 7.71. The van der Waals surface area contributed by atoms with E-state index in [2.05, 4.69) is 33.4 Å². The minimum atomic E-state index is -0.0842. The maximum absolute atomic E-state index is 12.1. The first-order valence-electron chi connectivity index (χ1n) is 6.92. The molecule has 1 aromatic carbocycles. The van der Waals surface area contributed by atoms with E-state index in [1.807, 2.05) is 0 Å². The van der Waals surface area contributed by atoms with Crippen LogP contribution in [0.2, 0.25) is 0 Å². The van der Waals surface area contributed by atoms with E-state index in [4.69, 9.17) is 0 Å². The number of rotatable bonds is 2. The van der Waals surface area contributed by atoms with Crippen LogP contribution in [-0.2, 0) is 22.4 Å². The van der Waals surface area contributed by atoms with Gasteiger partial charge in [0.05, 0.1) is 11.6 Å². The molecule has 1 aliphatic carbocycles. The van der Waals surface area contributed by atoms with E-state index in [1.165, 1.54) is 24.5 Å². The molecule has 0 unspecified atom stereocenters. The molecule has 0 radical (unpaired) electrons. The predicted molar refractivity (Wildman–Crippen MR) is 80.5 cm³/mol. The number of aryl methyl sites for hydroxylation is 2. The van der Waals surface area contributed by atoms with Crippen molar-refractivity contribution in [1.82, 2.24) is 4.90 Å². The number of halogens is 1. The lowest BCUT2D eigenvalue weighted by molar-refractivity contribution is -0.139. The second kappa shape index (κ2) is 5.20. The fourth-order valence-electron chi connectivity index (χ4n) is 2.83. The lowest BCUT2D eigenvalue weighted by Crippen LogP contribution is -2.53. The molecule has 1 aliphatic heterocycles. The van der Waals surface area contributed by atoms with Crippen molar-refractivity contribution in [3.05, 3.63) is 27.7 Å². The SMILES string of the molecule is CC(=O)N1CC(C(=O)Nc2cc3c(cc2Br)CCC3)C1. The molecule has 2 amide bonds. The summed E-state index contributed by atoms with van der Waals surface area (Å²) in [7, 11) is 0. The summed E-state index contributed by atoms with van der Waals surface area (Å²) in [5, 5.41) is 2.98. The smallest absolute Gasteiger partial charge is 0.231 e. The Morgan fingerprint density at radius 1 is 1.25 bits per heavy atom. The number of anilines is 1. The molecular formula is C15H17BrN2O2. The van der Waals surface area contributed by atoms with E-state index in [0.717, 1.165) is 23.0 Å². The van der Waals surface area contributed by atoms with Gasteiger partial charge in [0.1, 0.15) is 0 Å². The number of nitrogens with zero attached hydrogens (tertiary/aromatic N) is 1. The summed E-state index contributed by atoms with van der Waals surface area (Å²) < 4.78 is 0.939. The minimum Gasteiger partial charge on any atom is -0.341 e. The van der Waals surface area contributed by atoms with Crippen LogP contribution in [0.4, 0.5) is 5.69 Å². The van der Waals surface area contributed by atoms with E-state index in [-0.39, 0.29) is 17.7 Å². The number of carbonyl (C=O) groups is 2. The van der Waals surface area contributed by atoms with Gasteiger partial charge >= 0.3 is 0 Å². The number of hydrogen-bond donors (Lipinski definition) is 1. The average molecular weight is 337 g/mol. The third-order valence-electron chi connectivity index (χ3n) is 4.14. The number of amides is 2. The van der Waals surface area contributed by atoms with Crippen LogP contribution < -0.4 is 5.32 Å². The zero-order valence-corrected chi connectivity index (χ0v) is 13.0. The van der Waals surface area contributed by atoms with Crippen molar-refractivity contribution in [3.63, 3.8) is 0 Å². The highest BCUT2D eigenvalue weighted by Gasteiger charge is 2.34. The number of hydrogen-bond acceptors (Lipinski definition) is 2. The summed E-state index contributed by atoms with van der Waals surface area (Å²) in [6.45, 7) is 2.60. The first-order chi connectivity index (χ1) is 9.54. The van der Waals surface area contributed by atoms with Crippen LogP contribution in [0.25, 0.3) is 0 Å². The molecule has 20 heavy (non-hydrogen) atoms. The summed E-state index contributed by atoms with van der Waals surface area (Å²) in [5.74, 6) is -0.0482. The van der Waals surface area contributed by atoms with Crippen molar-refractivity contribution in [2.75, 3.05) is 18.4 Å². The molecule has 0 spiro atoms. The summed E-state index contributed by atoms with van der Waals surface area (Å²) in [5.41, 5.74) is 3.56. The van der Waals surface area contributed by atoms with Gasteiger partial charge in [-0.2, -0.15) is 0 Å². The second-order valence-electron chi connectivity index (χ2n) is 5.56. The molecule has 1 fully saturated rings. The minimum absolute atomic E-state index is 0.00106. The number of fused-ring (bicyclic) bond motifs is 1. The van der Waals surface area contributed by atoms with Gasteiger partial charge in [0.2, 0.25) is 11.8 Å². The van der Waals surface area contributed by atoms with Crippen LogP contribution in [0.3, 0.4) is 0 Å². The van der Waals surface area contributed by atoms with Gasteiger partial charge in [-0.25, -0.2) is 0 Å². The predicted octanol–water partition coefficient (Wildman–Crippen LogP) is 2.35. The van der Waals surface area contributed by atoms with E-state index in [1.54, 1.807) is 4.90 Å². The monoisotopic (exact) mass is 336 g/mol. The fraction of sp³-hybridized carbons (Fsp3) is 0.467. The van der Waals surface area contributed by atoms with Crippen molar-refractivity contribution in [3.8, 4) is 0 Å². The van der Waals surface area contributed by atoms with Gasteiger partial charge in [-0.3, -0.25) is 9.59 Å². The van der Waals surface area contributed by atoms with E-state index in [0.29, 0.717) is 13.1 Å². The Morgan fingerprint density at radius 2 is 1.90 bits per heavy atom. The van der Waals surface area contributed by atoms with Crippen LogP contribution >= 0.6 is 15.9 Å². The average Bonchev–Trinajstić information content (AvgIpc) is 2.73. The highest BCUT2D eigenvalue weighted by Crippen LogP contribution is 2.32. The van der Waals surface area contributed by atoms with Crippen LogP contribution in [-0.4, -0.2) is 29.8 Å². The summed E-state index contributed by atoms with van der Waals surface area (Å²) >= 11 is 3.52. The molecule has 5 heteroatoms. The molecule has 0 aromatic heterocycles. The highest BCUT2D eigenvalue weighted by molar-refractivity contribution is 9.10. The van der Waals surface area contributed by atoms with Crippen LogP contribution in [0.1, 0.15) is 24.5 Å². The molecule has 1 saturated heterocycles. The molecular weight excluding hydrogens is 320 g/mol. The Kier molecular flexibility index (Phi) is 3.54. The largest absolute Gasteiger partial charge is 0.341 e.